The summed E-state index contributed by atoms with van der Waals surface area (Å²) in [6.07, 6.45) is 4.26. The van der Waals surface area contributed by atoms with Crippen molar-refractivity contribution in [3.63, 3.8) is 0 Å². The van der Waals surface area contributed by atoms with Gasteiger partial charge in [0.05, 0.1) is 6.10 Å². The predicted molar refractivity (Wildman–Crippen MR) is 81.8 cm³/mol. The Labute approximate surface area is 127 Å². The van der Waals surface area contributed by atoms with Gasteiger partial charge in [-0.25, -0.2) is 0 Å². The smallest absolute Gasteiger partial charge is 0.220 e. The van der Waals surface area contributed by atoms with E-state index in [9.17, 15) is 4.79 Å². The van der Waals surface area contributed by atoms with E-state index >= 15 is 0 Å². The number of nitrogens with zero attached hydrogens (tertiary/aromatic N) is 2. The molecular weight excluding hydrogens is 266 g/mol. The molecule has 1 saturated heterocycles. The Kier molecular flexibility index (Phi) is 5.04. The van der Waals surface area contributed by atoms with Crippen LogP contribution in [0.4, 0.5) is 0 Å². The minimum Gasteiger partial charge on any atom is -0.377 e. The molecule has 1 aromatic rings. The molecule has 1 amide bonds. The summed E-state index contributed by atoms with van der Waals surface area (Å²) in [5.74, 6) is 0.529. The van der Waals surface area contributed by atoms with Gasteiger partial charge in [-0.3, -0.25) is 9.48 Å². The number of rotatable bonds is 5. The van der Waals surface area contributed by atoms with E-state index < -0.39 is 0 Å². The van der Waals surface area contributed by atoms with Gasteiger partial charge in [0, 0.05) is 44.4 Å². The van der Waals surface area contributed by atoms with Crippen LogP contribution < -0.4 is 5.32 Å². The summed E-state index contributed by atoms with van der Waals surface area (Å²) in [5, 5.41) is 7.17. The average Bonchev–Trinajstić information content (AvgIpc) is 3.02. The van der Waals surface area contributed by atoms with Crippen LogP contribution in [0, 0.1) is 11.3 Å². The first-order chi connectivity index (χ1) is 9.88. The molecule has 1 aliphatic heterocycles. The molecule has 1 aliphatic rings. The SMILES string of the molecule is Cn1nccc1CCC(=O)NC[C@H]1CCO[C@@H]1C(C)(C)C. The number of hydrogen-bond donors (Lipinski definition) is 1. The Morgan fingerprint density at radius 2 is 2.29 bits per heavy atom. The summed E-state index contributed by atoms with van der Waals surface area (Å²) >= 11 is 0. The van der Waals surface area contributed by atoms with Gasteiger partial charge >= 0.3 is 0 Å². The van der Waals surface area contributed by atoms with E-state index in [0.717, 1.165) is 25.1 Å². The molecule has 21 heavy (non-hydrogen) atoms. The molecule has 0 aliphatic carbocycles. The fourth-order valence-electron chi connectivity index (χ4n) is 3.02. The van der Waals surface area contributed by atoms with Gasteiger partial charge in [0.15, 0.2) is 0 Å². The molecule has 0 unspecified atom stereocenters. The van der Waals surface area contributed by atoms with Crippen LogP contribution in [0.25, 0.3) is 0 Å². The second-order valence-corrected chi connectivity index (χ2v) is 6.96. The van der Waals surface area contributed by atoms with E-state index in [2.05, 4.69) is 31.2 Å². The molecule has 5 nitrogen and oxygen atoms in total. The molecular formula is C16H27N3O2. The molecule has 1 N–H and O–H groups in total. The van der Waals surface area contributed by atoms with E-state index in [0.29, 0.717) is 18.9 Å². The lowest BCUT2D eigenvalue weighted by atomic mass is 9.81. The Balaban J connectivity index is 1.75. The van der Waals surface area contributed by atoms with Crippen molar-refractivity contribution in [1.82, 2.24) is 15.1 Å². The summed E-state index contributed by atoms with van der Waals surface area (Å²) < 4.78 is 7.65. The fourth-order valence-corrected chi connectivity index (χ4v) is 3.02. The highest BCUT2D eigenvalue weighted by Gasteiger charge is 2.37. The van der Waals surface area contributed by atoms with E-state index in [1.54, 1.807) is 6.20 Å². The quantitative estimate of drug-likeness (QED) is 0.902. The van der Waals surface area contributed by atoms with Gasteiger partial charge in [-0.1, -0.05) is 20.8 Å². The molecule has 2 heterocycles. The molecule has 2 atom stereocenters. The Hall–Kier alpha value is -1.36. The van der Waals surface area contributed by atoms with Crippen molar-refractivity contribution in [3.05, 3.63) is 18.0 Å². The number of ether oxygens (including phenoxy) is 1. The number of hydrogen-bond acceptors (Lipinski definition) is 3. The molecule has 2 rings (SSSR count). The Morgan fingerprint density at radius 1 is 1.52 bits per heavy atom. The standard InChI is InChI=1S/C16H27N3O2/c1-16(2,3)15-12(8-10-21-15)11-17-14(20)6-5-13-7-9-18-19(13)4/h7,9,12,15H,5-6,8,10-11H2,1-4H3,(H,17,20)/t12-,15+/m1/s1. The Morgan fingerprint density at radius 3 is 2.90 bits per heavy atom. The third-order valence-corrected chi connectivity index (χ3v) is 4.16. The average molecular weight is 293 g/mol. The van der Waals surface area contributed by atoms with Gasteiger partial charge in [0.1, 0.15) is 0 Å². The number of carbonyl (C=O) groups is 1. The zero-order valence-corrected chi connectivity index (χ0v) is 13.6. The lowest BCUT2D eigenvalue weighted by molar-refractivity contribution is -0.121. The van der Waals surface area contributed by atoms with Crippen molar-refractivity contribution in [2.75, 3.05) is 13.2 Å². The number of amides is 1. The van der Waals surface area contributed by atoms with E-state index in [1.165, 1.54) is 0 Å². The van der Waals surface area contributed by atoms with Crippen LogP contribution in [0.3, 0.4) is 0 Å². The van der Waals surface area contributed by atoms with Gasteiger partial charge in [-0.2, -0.15) is 5.10 Å². The molecule has 0 aromatic carbocycles. The van der Waals surface area contributed by atoms with Crippen LogP contribution in [0.1, 0.15) is 39.3 Å². The first-order valence-electron chi connectivity index (χ1n) is 7.73. The van der Waals surface area contributed by atoms with Crippen LogP contribution in [0.2, 0.25) is 0 Å². The molecule has 0 spiro atoms. The topological polar surface area (TPSA) is 56.2 Å². The number of carbonyl (C=O) groups excluding carboxylic acids is 1. The van der Waals surface area contributed by atoms with Gasteiger partial charge in [0.25, 0.3) is 0 Å². The number of nitrogens with one attached hydrogen (secondary N) is 1. The van der Waals surface area contributed by atoms with Gasteiger partial charge in [0.2, 0.25) is 5.91 Å². The molecule has 118 valence electrons. The highest BCUT2D eigenvalue weighted by molar-refractivity contribution is 5.76. The fraction of sp³-hybridized carbons (Fsp3) is 0.750. The second-order valence-electron chi connectivity index (χ2n) is 6.96. The summed E-state index contributed by atoms with van der Waals surface area (Å²) in [5.41, 5.74) is 1.21. The maximum Gasteiger partial charge on any atom is 0.220 e. The Bertz CT molecular complexity index is 476. The lowest BCUT2D eigenvalue weighted by Crippen LogP contribution is -2.38. The first kappa shape index (κ1) is 16.0. The largest absolute Gasteiger partial charge is 0.377 e. The molecule has 0 radical (unpaired) electrons. The molecule has 0 bridgehead atoms. The van der Waals surface area contributed by atoms with E-state index in [1.807, 2.05) is 17.8 Å². The summed E-state index contributed by atoms with van der Waals surface area (Å²) in [4.78, 5) is 12.0. The van der Waals surface area contributed by atoms with Crippen LogP contribution >= 0.6 is 0 Å². The molecule has 0 saturated carbocycles. The van der Waals surface area contributed by atoms with Crippen molar-refractivity contribution in [1.29, 1.82) is 0 Å². The highest BCUT2D eigenvalue weighted by atomic mass is 16.5. The summed E-state index contributed by atoms with van der Waals surface area (Å²) in [7, 11) is 1.90. The zero-order chi connectivity index (χ0) is 15.5. The van der Waals surface area contributed by atoms with Crippen LogP contribution in [-0.4, -0.2) is 34.9 Å². The number of aryl methyl sites for hydroxylation is 2. The third-order valence-electron chi connectivity index (χ3n) is 4.16. The van der Waals surface area contributed by atoms with Crippen molar-refractivity contribution in [2.45, 2.75) is 46.1 Å². The summed E-state index contributed by atoms with van der Waals surface area (Å²) in [6.45, 7) is 8.10. The van der Waals surface area contributed by atoms with E-state index in [-0.39, 0.29) is 17.4 Å². The van der Waals surface area contributed by atoms with Crippen LogP contribution in [0.15, 0.2) is 12.3 Å². The lowest BCUT2D eigenvalue weighted by Gasteiger charge is -2.31. The highest BCUT2D eigenvalue weighted by Crippen LogP contribution is 2.34. The monoisotopic (exact) mass is 293 g/mol. The number of aromatic nitrogens is 2. The maximum atomic E-state index is 12.0. The minimum atomic E-state index is 0.107. The maximum absolute atomic E-state index is 12.0. The molecule has 5 heteroatoms. The van der Waals surface area contributed by atoms with Gasteiger partial charge < -0.3 is 10.1 Å². The van der Waals surface area contributed by atoms with Crippen molar-refractivity contribution in [2.24, 2.45) is 18.4 Å². The first-order valence-corrected chi connectivity index (χ1v) is 7.73. The zero-order valence-electron chi connectivity index (χ0n) is 13.6. The normalized spacial score (nSPS) is 22.5. The second kappa shape index (κ2) is 6.60. The predicted octanol–water partition coefficient (Wildman–Crippen LogP) is 1.92. The molecule has 1 aromatic heterocycles. The molecule has 1 fully saturated rings. The van der Waals surface area contributed by atoms with Crippen molar-refractivity contribution < 1.29 is 9.53 Å². The van der Waals surface area contributed by atoms with Gasteiger partial charge in [-0.05, 0) is 24.3 Å². The third kappa shape index (κ3) is 4.30. The van der Waals surface area contributed by atoms with Crippen LogP contribution in [0.5, 0.6) is 0 Å². The minimum absolute atomic E-state index is 0.107. The van der Waals surface area contributed by atoms with Crippen molar-refractivity contribution in [3.8, 4) is 0 Å². The van der Waals surface area contributed by atoms with E-state index in [4.69, 9.17) is 4.74 Å². The van der Waals surface area contributed by atoms with Crippen molar-refractivity contribution >= 4 is 5.91 Å². The van der Waals surface area contributed by atoms with Gasteiger partial charge in [-0.15, -0.1) is 0 Å². The summed E-state index contributed by atoms with van der Waals surface area (Å²) in [6, 6.07) is 1.95. The van der Waals surface area contributed by atoms with Crippen LogP contribution in [-0.2, 0) is 23.0 Å².